The van der Waals surface area contributed by atoms with Crippen molar-refractivity contribution in [2.75, 3.05) is 37.8 Å². The standard InChI is InChI=1S/C20H35N9O7S2/c21-10-5-37-38-6-13(18(34)35)28-17(33)11(2-1-3-25-19(23)24)29-20(8-36-9-20)7-26-16(32)12(4-14(22)30)27-15(10)31/h10-13,29H,1-9,21H2,(H2,22,30)(H,26,32)(H,27,31)(H,28,33)(H,34,35)(H4,23,24,25)/t10-,11-,12-,13-/m0/s1. The van der Waals surface area contributed by atoms with Gasteiger partial charge in [0.05, 0.1) is 37.3 Å². The molecule has 2 rings (SSSR count). The van der Waals surface area contributed by atoms with Gasteiger partial charge in [0.1, 0.15) is 12.1 Å². The number of carbonyl (C=O) groups is 5. The minimum atomic E-state index is -1.26. The van der Waals surface area contributed by atoms with Crippen molar-refractivity contribution in [1.29, 1.82) is 5.41 Å². The van der Waals surface area contributed by atoms with Gasteiger partial charge in [0, 0.05) is 24.6 Å². The van der Waals surface area contributed by atoms with E-state index >= 15 is 0 Å². The number of primary amides is 1. The molecule has 0 radical (unpaired) electrons. The monoisotopic (exact) mass is 577 g/mol. The lowest BCUT2D eigenvalue weighted by Gasteiger charge is -2.44. The Morgan fingerprint density at radius 1 is 1.08 bits per heavy atom. The summed E-state index contributed by atoms with van der Waals surface area (Å²) in [5.41, 5.74) is 15.6. The minimum Gasteiger partial charge on any atom is -0.480 e. The fraction of sp³-hybridized carbons (Fsp3) is 0.700. The molecule has 16 nitrogen and oxygen atoms in total. The molecule has 13 N–H and O–H groups in total. The van der Waals surface area contributed by atoms with Crippen LogP contribution < -0.4 is 43.8 Å². The number of amides is 4. The van der Waals surface area contributed by atoms with Gasteiger partial charge in [-0.3, -0.25) is 29.9 Å². The van der Waals surface area contributed by atoms with Gasteiger partial charge in [-0.15, -0.1) is 0 Å². The molecule has 2 aliphatic rings. The van der Waals surface area contributed by atoms with E-state index in [0.29, 0.717) is 13.0 Å². The van der Waals surface area contributed by atoms with Gasteiger partial charge in [0.15, 0.2) is 5.96 Å². The Morgan fingerprint density at radius 2 is 1.76 bits per heavy atom. The number of nitrogens with one attached hydrogen (secondary N) is 6. The van der Waals surface area contributed by atoms with Gasteiger partial charge >= 0.3 is 5.97 Å². The second-order valence-corrected chi connectivity index (χ2v) is 11.5. The molecule has 38 heavy (non-hydrogen) atoms. The third-order valence-electron chi connectivity index (χ3n) is 5.69. The number of carboxylic acid groups (broad SMARTS) is 1. The zero-order valence-electron chi connectivity index (χ0n) is 20.6. The van der Waals surface area contributed by atoms with Crippen LogP contribution in [-0.4, -0.2) is 108 Å². The Bertz CT molecular complexity index is 906. The van der Waals surface area contributed by atoms with Gasteiger partial charge < -0.3 is 48.3 Å². The summed E-state index contributed by atoms with van der Waals surface area (Å²) < 4.78 is 5.33. The van der Waals surface area contributed by atoms with Gasteiger partial charge in [0.2, 0.25) is 23.6 Å². The average Bonchev–Trinajstić information content (AvgIpc) is 2.81. The Labute approximate surface area is 226 Å². The fourth-order valence-electron chi connectivity index (χ4n) is 3.58. The molecule has 18 heteroatoms. The molecule has 4 amide bonds. The highest BCUT2D eigenvalue weighted by atomic mass is 33.1. The smallest absolute Gasteiger partial charge is 0.327 e. The molecular weight excluding hydrogens is 542 g/mol. The van der Waals surface area contributed by atoms with E-state index in [9.17, 15) is 29.1 Å². The summed E-state index contributed by atoms with van der Waals surface area (Å²) in [5.74, 6) is -4.08. The number of hydrogen-bond acceptors (Lipinski definition) is 11. The highest BCUT2D eigenvalue weighted by Crippen LogP contribution is 2.23. The number of nitrogens with two attached hydrogens (primary N) is 3. The lowest BCUT2D eigenvalue weighted by Crippen LogP contribution is -2.70. The summed E-state index contributed by atoms with van der Waals surface area (Å²) in [6.45, 7) is 0.557. The summed E-state index contributed by atoms with van der Waals surface area (Å²) in [6.07, 6.45) is 0.226. The van der Waals surface area contributed by atoms with E-state index in [4.69, 9.17) is 27.3 Å². The number of ether oxygens (including phenoxy) is 1. The molecule has 4 atom stereocenters. The van der Waals surface area contributed by atoms with E-state index in [2.05, 4.69) is 26.6 Å². The average molecular weight is 578 g/mol. The van der Waals surface area contributed by atoms with Crippen LogP contribution in [0.3, 0.4) is 0 Å². The van der Waals surface area contributed by atoms with Crippen LogP contribution >= 0.6 is 21.6 Å². The maximum atomic E-state index is 13.2. The summed E-state index contributed by atoms with van der Waals surface area (Å²) in [5, 5.41) is 30.4. The fourth-order valence-corrected chi connectivity index (χ4v) is 5.86. The first-order valence-electron chi connectivity index (χ1n) is 11.8. The SMILES string of the molecule is N=C(N)NCCC[C@@H]1NC2(CNC(=O)[C@H](CC(N)=O)NC(=O)[C@@H](N)CSSC[C@@H](C(=O)O)NC1=O)COC2. The van der Waals surface area contributed by atoms with Gasteiger partial charge in [0.25, 0.3) is 0 Å². The summed E-state index contributed by atoms with van der Waals surface area (Å²) >= 11 is 0. The third kappa shape index (κ3) is 10.2. The zero-order chi connectivity index (χ0) is 28.3. The third-order valence-corrected chi connectivity index (χ3v) is 8.14. The largest absolute Gasteiger partial charge is 0.480 e. The van der Waals surface area contributed by atoms with Crippen molar-refractivity contribution in [2.45, 2.75) is 49.0 Å². The molecule has 0 aromatic rings. The van der Waals surface area contributed by atoms with E-state index in [1.807, 2.05) is 0 Å². The van der Waals surface area contributed by atoms with Gasteiger partial charge in [-0.05, 0) is 12.8 Å². The van der Waals surface area contributed by atoms with E-state index in [-0.39, 0.29) is 43.6 Å². The highest BCUT2D eigenvalue weighted by molar-refractivity contribution is 8.76. The van der Waals surface area contributed by atoms with Crippen LogP contribution in [0.15, 0.2) is 0 Å². The van der Waals surface area contributed by atoms with Crippen LogP contribution in [0.5, 0.6) is 0 Å². The molecule has 2 saturated heterocycles. The van der Waals surface area contributed by atoms with E-state index in [1.54, 1.807) is 0 Å². The number of aliphatic carboxylic acids is 1. The normalized spacial score (nSPS) is 27.1. The molecule has 214 valence electrons. The van der Waals surface area contributed by atoms with Crippen molar-refractivity contribution in [3.63, 3.8) is 0 Å². The molecular formula is C20H35N9O7S2. The van der Waals surface area contributed by atoms with Gasteiger partial charge in [-0.2, -0.15) is 0 Å². The second-order valence-electron chi connectivity index (χ2n) is 8.98. The van der Waals surface area contributed by atoms with Crippen molar-refractivity contribution in [2.24, 2.45) is 17.2 Å². The first kappa shape index (κ1) is 31.4. The van der Waals surface area contributed by atoms with Crippen LogP contribution in [0.25, 0.3) is 0 Å². The van der Waals surface area contributed by atoms with E-state index in [0.717, 1.165) is 21.6 Å². The Kier molecular flexibility index (Phi) is 12.4. The van der Waals surface area contributed by atoms with E-state index in [1.165, 1.54) is 0 Å². The summed E-state index contributed by atoms with van der Waals surface area (Å²) in [6, 6.07) is -4.39. The molecule has 0 unspecified atom stereocenters. The van der Waals surface area contributed by atoms with Gasteiger partial charge in [-0.25, -0.2) is 4.79 Å². The summed E-state index contributed by atoms with van der Waals surface area (Å²) in [4.78, 5) is 61.9. The first-order chi connectivity index (χ1) is 17.9. The number of carboxylic acids is 1. The van der Waals surface area contributed by atoms with Crippen molar-refractivity contribution in [3.05, 3.63) is 0 Å². The molecule has 2 fully saturated rings. The number of hydrogen-bond donors (Lipinski definition) is 10. The number of guanidine groups is 1. The van der Waals surface area contributed by atoms with Crippen LogP contribution in [0.2, 0.25) is 0 Å². The van der Waals surface area contributed by atoms with Crippen LogP contribution in [0, 0.1) is 5.41 Å². The molecule has 2 heterocycles. The van der Waals surface area contributed by atoms with Crippen LogP contribution in [-0.2, 0) is 28.7 Å². The molecule has 0 aromatic carbocycles. The molecule has 1 spiro atoms. The maximum absolute atomic E-state index is 13.2. The lowest BCUT2D eigenvalue weighted by molar-refractivity contribution is -0.142. The van der Waals surface area contributed by atoms with Crippen molar-refractivity contribution in [1.82, 2.24) is 26.6 Å². The minimum absolute atomic E-state index is 0.00269. The Balaban J connectivity index is 2.27. The molecule has 0 saturated carbocycles. The Hall–Kier alpha value is -2.80. The van der Waals surface area contributed by atoms with Crippen molar-refractivity contribution >= 4 is 57.1 Å². The van der Waals surface area contributed by atoms with Crippen LogP contribution in [0.4, 0.5) is 0 Å². The predicted octanol–water partition coefficient (Wildman–Crippen LogP) is -4.26. The predicted molar refractivity (Wildman–Crippen MR) is 141 cm³/mol. The van der Waals surface area contributed by atoms with Crippen LogP contribution in [0.1, 0.15) is 19.3 Å². The number of carbonyl (C=O) groups excluding carboxylic acids is 4. The second kappa shape index (κ2) is 15.0. The topological polar surface area (TPSA) is 277 Å². The quantitative estimate of drug-likeness (QED) is 0.0594. The van der Waals surface area contributed by atoms with Crippen molar-refractivity contribution < 1.29 is 33.8 Å². The number of rotatable bonds is 7. The van der Waals surface area contributed by atoms with Gasteiger partial charge in [-0.1, -0.05) is 21.6 Å². The first-order valence-corrected chi connectivity index (χ1v) is 14.2. The Morgan fingerprint density at radius 3 is 2.34 bits per heavy atom. The summed E-state index contributed by atoms with van der Waals surface area (Å²) in [7, 11) is 2.24. The molecule has 0 aliphatic carbocycles. The maximum Gasteiger partial charge on any atom is 0.327 e. The zero-order valence-corrected chi connectivity index (χ0v) is 22.3. The van der Waals surface area contributed by atoms with Crippen molar-refractivity contribution in [3.8, 4) is 0 Å². The molecule has 0 bridgehead atoms. The highest BCUT2D eigenvalue weighted by Gasteiger charge is 2.43. The molecule has 0 aromatic heterocycles. The van der Waals surface area contributed by atoms with E-state index < -0.39 is 65.7 Å². The lowest BCUT2D eigenvalue weighted by atomic mass is 9.94. The molecule has 2 aliphatic heterocycles.